The lowest BCUT2D eigenvalue weighted by atomic mass is 9.98. The quantitative estimate of drug-likeness (QED) is 0.514. The van der Waals surface area contributed by atoms with Crippen molar-refractivity contribution in [1.29, 1.82) is 0 Å². The molecule has 2 nitrogen and oxygen atoms in total. The molecular formula is C14H12F4N2. The number of hydrogen-bond donors (Lipinski definition) is 2. The Bertz CT molecular complexity index is 596. The van der Waals surface area contributed by atoms with Crippen LogP contribution in [0.25, 0.3) is 0 Å². The first-order valence-electron chi connectivity index (χ1n) is 5.87. The lowest BCUT2D eigenvalue weighted by molar-refractivity contribution is 0.454. The standard InChI is InChI=1S/C14H12F4N2/c15-9-4-2-5-10(16)13(9)12(20-19)7-8-3-1-6-11(17)14(8)18/h1-6,12,20H,7,19H2. The lowest BCUT2D eigenvalue weighted by Gasteiger charge is -2.18. The second-order valence-electron chi connectivity index (χ2n) is 4.27. The van der Waals surface area contributed by atoms with Crippen molar-refractivity contribution in [2.24, 2.45) is 5.84 Å². The third-order valence-electron chi connectivity index (χ3n) is 3.00. The Balaban J connectivity index is 2.37. The van der Waals surface area contributed by atoms with E-state index in [1.54, 1.807) is 0 Å². The first kappa shape index (κ1) is 14.5. The van der Waals surface area contributed by atoms with E-state index in [4.69, 9.17) is 5.84 Å². The minimum absolute atomic E-state index is 0.0180. The largest absolute Gasteiger partial charge is 0.271 e. The Morgan fingerprint density at radius 3 is 2.05 bits per heavy atom. The monoisotopic (exact) mass is 284 g/mol. The molecular weight excluding hydrogens is 272 g/mol. The molecule has 0 fully saturated rings. The van der Waals surface area contributed by atoms with E-state index in [2.05, 4.69) is 5.43 Å². The van der Waals surface area contributed by atoms with Crippen molar-refractivity contribution in [2.45, 2.75) is 12.5 Å². The Kier molecular flexibility index (Phi) is 4.36. The SMILES string of the molecule is NNC(Cc1cccc(F)c1F)c1c(F)cccc1F. The normalized spacial score (nSPS) is 12.4. The minimum Gasteiger partial charge on any atom is -0.271 e. The fourth-order valence-electron chi connectivity index (χ4n) is 2.01. The molecule has 0 aliphatic rings. The first-order chi connectivity index (χ1) is 9.54. The second kappa shape index (κ2) is 6.02. The smallest absolute Gasteiger partial charge is 0.162 e. The van der Waals surface area contributed by atoms with E-state index in [0.29, 0.717) is 0 Å². The molecule has 0 heterocycles. The summed E-state index contributed by atoms with van der Waals surface area (Å²) in [6.07, 6.45) is -0.183. The highest BCUT2D eigenvalue weighted by molar-refractivity contribution is 5.27. The van der Waals surface area contributed by atoms with E-state index in [0.717, 1.165) is 18.2 Å². The Morgan fingerprint density at radius 1 is 0.900 bits per heavy atom. The maximum Gasteiger partial charge on any atom is 0.162 e. The molecule has 0 aliphatic carbocycles. The molecule has 20 heavy (non-hydrogen) atoms. The summed E-state index contributed by atoms with van der Waals surface area (Å²) in [4.78, 5) is 0. The van der Waals surface area contributed by atoms with Crippen LogP contribution in [0.3, 0.4) is 0 Å². The molecule has 0 spiro atoms. The van der Waals surface area contributed by atoms with E-state index in [1.807, 2.05) is 0 Å². The molecule has 0 aliphatic heterocycles. The molecule has 0 bridgehead atoms. The molecule has 2 rings (SSSR count). The zero-order valence-corrected chi connectivity index (χ0v) is 10.3. The molecule has 0 radical (unpaired) electrons. The number of nitrogens with two attached hydrogens (primary N) is 1. The zero-order valence-electron chi connectivity index (χ0n) is 10.3. The van der Waals surface area contributed by atoms with Crippen LogP contribution in [0.5, 0.6) is 0 Å². The Hall–Kier alpha value is -1.92. The average Bonchev–Trinajstić information content (AvgIpc) is 2.42. The highest BCUT2D eigenvalue weighted by Gasteiger charge is 2.21. The molecule has 6 heteroatoms. The van der Waals surface area contributed by atoms with Gasteiger partial charge in [0.05, 0.1) is 6.04 Å². The maximum absolute atomic E-state index is 13.7. The molecule has 0 saturated heterocycles. The summed E-state index contributed by atoms with van der Waals surface area (Å²) < 4.78 is 54.0. The first-order valence-corrected chi connectivity index (χ1v) is 5.87. The summed E-state index contributed by atoms with van der Waals surface area (Å²) >= 11 is 0. The number of hydrogen-bond acceptors (Lipinski definition) is 2. The molecule has 1 unspecified atom stereocenters. The van der Waals surface area contributed by atoms with E-state index >= 15 is 0 Å². The van der Waals surface area contributed by atoms with Crippen LogP contribution in [-0.2, 0) is 6.42 Å². The molecule has 2 aromatic carbocycles. The topological polar surface area (TPSA) is 38.0 Å². The summed E-state index contributed by atoms with van der Waals surface area (Å²) in [6, 6.07) is 5.97. The Labute approximate surface area is 113 Å². The summed E-state index contributed by atoms with van der Waals surface area (Å²) in [5.74, 6) is 1.60. The van der Waals surface area contributed by atoms with Gasteiger partial charge in [-0.25, -0.2) is 17.6 Å². The van der Waals surface area contributed by atoms with E-state index in [9.17, 15) is 17.6 Å². The zero-order chi connectivity index (χ0) is 14.7. The second-order valence-corrected chi connectivity index (χ2v) is 4.27. The molecule has 3 N–H and O–H groups in total. The van der Waals surface area contributed by atoms with Crippen LogP contribution in [0.1, 0.15) is 17.2 Å². The van der Waals surface area contributed by atoms with Crippen LogP contribution in [0.2, 0.25) is 0 Å². The van der Waals surface area contributed by atoms with Gasteiger partial charge >= 0.3 is 0 Å². The van der Waals surface area contributed by atoms with Gasteiger partial charge in [0, 0.05) is 5.56 Å². The van der Waals surface area contributed by atoms with Crippen LogP contribution in [0, 0.1) is 23.3 Å². The highest BCUT2D eigenvalue weighted by atomic mass is 19.2. The van der Waals surface area contributed by atoms with Crippen molar-refractivity contribution in [3.05, 3.63) is 70.8 Å². The van der Waals surface area contributed by atoms with Gasteiger partial charge in [0.15, 0.2) is 11.6 Å². The molecule has 2 aromatic rings. The number of halogens is 4. The van der Waals surface area contributed by atoms with Gasteiger partial charge in [0.25, 0.3) is 0 Å². The molecule has 106 valence electrons. The maximum atomic E-state index is 13.7. The number of hydrazine groups is 1. The minimum atomic E-state index is -1.05. The van der Waals surface area contributed by atoms with Crippen molar-refractivity contribution >= 4 is 0 Å². The number of nitrogens with one attached hydrogen (secondary N) is 1. The van der Waals surface area contributed by atoms with E-state index in [-0.39, 0.29) is 17.5 Å². The fourth-order valence-corrected chi connectivity index (χ4v) is 2.01. The molecule has 0 saturated carbocycles. The lowest BCUT2D eigenvalue weighted by Crippen LogP contribution is -2.31. The van der Waals surface area contributed by atoms with Crippen LogP contribution in [0.4, 0.5) is 17.6 Å². The van der Waals surface area contributed by atoms with E-state index in [1.165, 1.54) is 18.2 Å². The van der Waals surface area contributed by atoms with Crippen molar-refractivity contribution < 1.29 is 17.6 Å². The van der Waals surface area contributed by atoms with Crippen LogP contribution in [-0.4, -0.2) is 0 Å². The third-order valence-corrected chi connectivity index (χ3v) is 3.00. The van der Waals surface area contributed by atoms with Gasteiger partial charge in [-0.1, -0.05) is 18.2 Å². The highest BCUT2D eigenvalue weighted by Crippen LogP contribution is 2.25. The van der Waals surface area contributed by atoms with Gasteiger partial charge in [-0.15, -0.1) is 0 Å². The molecule has 0 aromatic heterocycles. The number of benzene rings is 2. The van der Waals surface area contributed by atoms with Gasteiger partial charge in [0.1, 0.15) is 11.6 Å². The van der Waals surface area contributed by atoms with Gasteiger partial charge in [-0.3, -0.25) is 11.3 Å². The Morgan fingerprint density at radius 2 is 1.45 bits per heavy atom. The van der Waals surface area contributed by atoms with Crippen molar-refractivity contribution in [3.8, 4) is 0 Å². The summed E-state index contributed by atoms with van der Waals surface area (Å²) in [6.45, 7) is 0. The van der Waals surface area contributed by atoms with Gasteiger partial charge in [-0.2, -0.15) is 0 Å². The van der Waals surface area contributed by atoms with Gasteiger partial charge in [0.2, 0.25) is 0 Å². The third kappa shape index (κ3) is 2.81. The van der Waals surface area contributed by atoms with Crippen molar-refractivity contribution in [1.82, 2.24) is 5.43 Å². The van der Waals surface area contributed by atoms with Crippen LogP contribution in [0.15, 0.2) is 36.4 Å². The average molecular weight is 284 g/mol. The van der Waals surface area contributed by atoms with Crippen molar-refractivity contribution in [2.75, 3.05) is 0 Å². The predicted molar refractivity (Wildman–Crippen MR) is 66.5 cm³/mol. The van der Waals surface area contributed by atoms with Gasteiger partial charge in [-0.05, 0) is 30.2 Å². The summed E-state index contributed by atoms with van der Waals surface area (Å²) in [5, 5.41) is 0. The number of rotatable bonds is 4. The van der Waals surface area contributed by atoms with Crippen LogP contribution >= 0.6 is 0 Å². The molecule has 1 atom stereocenters. The predicted octanol–water partition coefficient (Wildman–Crippen LogP) is 2.99. The summed E-state index contributed by atoms with van der Waals surface area (Å²) in [7, 11) is 0. The molecule has 0 amide bonds. The van der Waals surface area contributed by atoms with Crippen molar-refractivity contribution in [3.63, 3.8) is 0 Å². The van der Waals surface area contributed by atoms with E-state index < -0.39 is 29.3 Å². The summed E-state index contributed by atoms with van der Waals surface area (Å²) in [5.41, 5.74) is 1.90. The van der Waals surface area contributed by atoms with Crippen LogP contribution < -0.4 is 11.3 Å². The van der Waals surface area contributed by atoms with Gasteiger partial charge < -0.3 is 0 Å². The fraction of sp³-hybridized carbons (Fsp3) is 0.143.